The number of aliphatic hydroxyl groups excluding tert-OH is 1. The molecule has 0 heterocycles. The van der Waals surface area contributed by atoms with E-state index in [4.69, 9.17) is 15.3 Å². The van der Waals surface area contributed by atoms with Crippen LogP contribution in [0, 0.1) is 23.9 Å². The van der Waals surface area contributed by atoms with Crippen molar-refractivity contribution < 1.29 is 29.7 Å². The number of aliphatic hydroxyl groups is 1. The summed E-state index contributed by atoms with van der Waals surface area (Å²) in [5, 5.41) is 26.5. The fraction of sp³-hybridized carbons (Fsp3) is 0.462. The first-order valence-corrected chi connectivity index (χ1v) is 5.68. The van der Waals surface area contributed by atoms with Gasteiger partial charge in [0, 0.05) is 36.6 Å². The number of aliphatic carboxylic acids is 2. The molecular formula is C13H20N2O6. The molecule has 0 unspecified atom stereocenters. The van der Waals surface area contributed by atoms with Crippen molar-refractivity contribution in [1.29, 1.82) is 0 Å². The number of carboxylic acid groups (broad SMARTS) is 2. The Hall–Kier alpha value is -2.71. The molecule has 0 fully saturated rings. The first-order chi connectivity index (χ1) is 9.29. The molecule has 8 heteroatoms. The maximum Gasteiger partial charge on any atom is 0.382 e. The lowest BCUT2D eigenvalue weighted by atomic mass is 10.2. The van der Waals surface area contributed by atoms with E-state index in [9.17, 15) is 14.4 Å². The van der Waals surface area contributed by atoms with Crippen molar-refractivity contribution in [2.24, 2.45) is 0 Å². The van der Waals surface area contributed by atoms with Crippen molar-refractivity contribution in [1.82, 2.24) is 11.5 Å². The second-order valence-corrected chi connectivity index (χ2v) is 3.76. The summed E-state index contributed by atoms with van der Waals surface area (Å²) in [6, 6.07) is 0.127. The van der Waals surface area contributed by atoms with Gasteiger partial charge in [-0.15, -0.1) is 0 Å². The number of carbonyl (C=O) groups is 3. The molecule has 0 atom stereocenters. The maximum absolute atomic E-state index is 10.9. The highest BCUT2D eigenvalue weighted by Crippen LogP contribution is 1.95. The van der Waals surface area contributed by atoms with E-state index in [1.807, 2.05) is 25.7 Å². The fourth-order valence-electron chi connectivity index (χ4n) is 0.907. The number of hydrogen-bond acceptors (Lipinski definition) is 5. The number of amides is 1. The van der Waals surface area contributed by atoms with Gasteiger partial charge in [-0.3, -0.25) is 9.59 Å². The minimum Gasteiger partial charge on any atom is -0.481 e. The zero-order valence-corrected chi connectivity index (χ0v) is 12.0. The molecule has 0 spiro atoms. The Balaban J connectivity index is -0.000000317. The van der Waals surface area contributed by atoms with Crippen molar-refractivity contribution in [2.45, 2.75) is 39.2 Å². The van der Waals surface area contributed by atoms with E-state index in [0.29, 0.717) is 12.8 Å². The Labute approximate surface area is 123 Å². The van der Waals surface area contributed by atoms with Gasteiger partial charge in [0.2, 0.25) is 5.91 Å². The van der Waals surface area contributed by atoms with Crippen LogP contribution in [0.5, 0.6) is 0 Å². The molecule has 0 aliphatic carbocycles. The first kappa shape index (κ1) is 23.4. The number of nitrogens with one attached hydrogen (secondary N) is 1. The van der Waals surface area contributed by atoms with Crippen LogP contribution < -0.4 is 11.5 Å². The van der Waals surface area contributed by atoms with Crippen molar-refractivity contribution in [3.05, 3.63) is 0 Å². The summed E-state index contributed by atoms with van der Waals surface area (Å²) in [5.74, 6) is 3.21. The molecule has 0 saturated heterocycles. The third kappa shape index (κ3) is 26.8. The lowest BCUT2D eigenvalue weighted by molar-refractivity contribution is -0.137. The number of carbonyl (C=O) groups excluding carboxylic acids is 1. The molecule has 0 aromatic heterocycles. The third-order valence-corrected chi connectivity index (χ3v) is 1.53. The van der Waals surface area contributed by atoms with E-state index in [2.05, 4.69) is 5.32 Å². The van der Waals surface area contributed by atoms with Gasteiger partial charge in [-0.2, -0.15) is 0 Å². The van der Waals surface area contributed by atoms with Crippen molar-refractivity contribution in [2.75, 3.05) is 0 Å². The predicted molar refractivity (Wildman–Crippen MR) is 74.9 cm³/mol. The van der Waals surface area contributed by atoms with Gasteiger partial charge >= 0.3 is 11.9 Å². The highest BCUT2D eigenvalue weighted by atomic mass is 16.4. The van der Waals surface area contributed by atoms with Crippen LogP contribution in [0.2, 0.25) is 0 Å². The molecule has 0 radical (unpaired) electrons. The molecule has 0 aliphatic rings. The van der Waals surface area contributed by atoms with Crippen molar-refractivity contribution >= 4 is 17.8 Å². The van der Waals surface area contributed by atoms with Crippen LogP contribution in [-0.4, -0.2) is 39.2 Å². The second kappa shape index (κ2) is 15.3. The van der Waals surface area contributed by atoms with Crippen LogP contribution >= 0.6 is 0 Å². The summed E-state index contributed by atoms with van der Waals surface area (Å²) in [7, 11) is 0. The van der Waals surface area contributed by atoms with Crippen LogP contribution in [0.3, 0.4) is 0 Å². The molecule has 1 amide bonds. The topological polar surface area (TPSA) is 159 Å². The lowest BCUT2D eigenvalue weighted by Gasteiger charge is -2.06. The molecule has 0 bridgehead atoms. The Morgan fingerprint density at radius 2 is 1.67 bits per heavy atom. The van der Waals surface area contributed by atoms with E-state index >= 15 is 0 Å². The largest absolute Gasteiger partial charge is 0.481 e. The first-order valence-electron chi connectivity index (χ1n) is 5.68. The van der Waals surface area contributed by atoms with Gasteiger partial charge in [-0.05, 0) is 20.3 Å². The standard InChI is InChI=1S/C8H15NO3.C5H2O3.H3N/c1-6(2)9-7(10)4-3-5-8(11)12;6-4-2-1-3-5(7)8;/h6H,3-5H2,1-2H3,(H,9,10)(H,11,12);6H,(H,7,8);1H3. The zero-order chi connectivity index (χ0) is 16.0. The van der Waals surface area contributed by atoms with Gasteiger partial charge in [0.15, 0.2) is 0 Å². The van der Waals surface area contributed by atoms with E-state index in [1.54, 1.807) is 5.92 Å². The van der Waals surface area contributed by atoms with Gasteiger partial charge in [0.1, 0.15) is 6.11 Å². The van der Waals surface area contributed by atoms with Gasteiger partial charge in [-0.25, -0.2) is 4.79 Å². The lowest BCUT2D eigenvalue weighted by Crippen LogP contribution is -2.29. The van der Waals surface area contributed by atoms with Crippen LogP contribution in [0.15, 0.2) is 0 Å². The van der Waals surface area contributed by atoms with E-state index in [-0.39, 0.29) is 24.5 Å². The predicted octanol–water partition coefficient (Wildman–Crippen LogP) is 0.336. The SMILES string of the molecule is CC(C)NC(=O)CCCC(=O)O.N.O=C(O)C#CC#CO. The minimum atomic E-state index is -1.26. The molecule has 7 N–H and O–H groups in total. The van der Waals surface area contributed by atoms with Gasteiger partial charge < -0.3 is 26.8 Å². The normalized spacial score (nSPS) is 7.57. The Kier molecular flexibility index (Phi) is 17.1. The van der Waals surface area contributed by atoms with Crippen molar-refractivity contribution in [3.8, 4) is 23.9 Å². The van der Waals surface area contributed by atoms with Gasteiger partial charge in [0.05, 0.1) is 0 Å². The summed E-state index contributed by atoms with van der Waals surface area (Å²) in [6.07, 6.45) is 2.20. The monoisotopic (exact) mass is 300 g/mol. The summed E-state index contributed by atoms with van der Waals surface area (Å²) in [4.78, 5) is 30.6. The molecular weight excluding hydrogens is 280 g/mol. The zero-order valence-electron chi connectivity index (χ0n) is 12.0. The van der Waals surface area contributed by atoms with Crippen LogP contribution in [0.1, 0.15) is 33.1 Å². The molecule has 118 valence electrons. The molecule has 0 saturated carbocycles. The van der Waals surface area contributed by atoms with Crippen LogP contribution in [-0.2, 0) is 14.4 Å². The molecule has 0 aromatic rings. The highest BCUT2D eigenvalue weighted by molar-refractivity contribution is 5.87. The van der Waals surface area contributed by atoms with Crippen LogP contribution in [0.25, 0.3) is 0 Å². The van der Waals surface area contributed by atoms with E-state index in [0.717, 1.165) is 0 Å². The average Bonchev–Trinajstić information content (AvgIpc) is 2.28. The fourth-order valence-corrected chi connectivity index (χ4v) is 0.907. The summed E-state index contributed by atoms with van der Waals surface area (Å²) in [5.41, 5.74) is 0. The van der Waals surface area contributed by atoms with Crippen LogP contribution in [0.4, 0.5) is 0 Å². The average molecular weight is 300 g/mol. The van der Waals surface area contributed by atoms with E-state index < -0.39 is 11.9 Å². The molecule has 0 rings (SSSR count). The Morgan fingerprint density at radius 3 is 2.05 bits per heavy atom. The minimum absolute atomic E-state index is 0. The van der Waals surface area contributed by atoms with Gasteiger partial charge in [0.25, 0.3) is 0 Å². The quantitative estimate of drug-likeness (QED) is 0.457. The summed E-state index contributed by atoms with van der Waals surface area (Å²) >= 11 is 0. The van der Waals surface area contributed by atoms with Crippen molar-refractivity contribution in [3.63, 3.8) is 0 Å². The van der Waals surface area contributed by atoms with E-state index in [1.165, 1.54) is 6.11 Å². The maximum atomic E-state index is 10.9. The summed E-state index contributed by atoms with van der Waals surface area (Å²) in [6.45, 7) is 3.74. The third-order valence-electron chi connectivity index (χ3n) is 1.53. The Morgan fingerprint density at radius 1 is 1.10 bits per heavy atom. The second-order valence-electron chi connectivity index (χ2n) is 3.76. The smallest absolute Gasteiger partial charge is 0.382 e. The number of rotatable bonds is 5. The Bertz CT molecular complexity index is 451. The molecule has 21 heavy (non-hydrogen) atoms. The molecule has 0 aliphatic heterocycles. The highest BCUT2D eigenvalue weighted by Gasteiger charge is 2.04. The summed E-state index contributed by atoms with van der Waals surface area (Å²) < 4.78 is 0. The molecule has 8 nitrogen and oxygen atoms in total. The number of carboxylic acids is 2. The molecule has 0 aromatic carbocycles. The van der Waals surface area contributed by atoms with Gasteiger partial charge in [-0.1, -0.05) is 0 Å². The number of hydrogen-bond donors (Lipinski definition) is 5.